The van der Waals surface area contributed by atoms with Crippen molar-refractivity contribution < 1.29 is 0 Å². The summed E-state index contributed by atoms with van der Waals surface area (Å²) < 4.78 is 2.16. The van der Waals surface area contributed by atoms with E-state index in [9.17, 15) is 0 Å². The number of fused-ring (bicyclic) bond motifs is 3. The molecule has 0 aliphatic carbocycles. The van der Waals surface area contributed by atoms with Crippen LogP contribution in [0.25, 0.3) is 117 Å². The fraction of sp³-hybridized carbons (Fsp3) is 0. The van der Waals surface area contributed by atoms with Gasteiger partial charge in [-0.1, -0.05) is 243 Å². The number of rotatable bonds is 9. The number of pyridine rings is 2. The van der Waals surface area contributed by atoms with Crippen molar-refractivity contribution in [3.63, 3.8) is 0 Å². The van der Waals surface area contributed by atoms with E-state index >= 15 is 0 Å². The number of nitrogens with zero attached hydrogens (tertiary/aromatic N) is 3. The summed E-state index contributed by atoms with van der Waals surface area (Å²) in [7, 11) is 0. The van der Waals surface area contributed by atoms with Gasteiger partial charge in [-0.05, 0) is 73.7 Å². The molecule has 12 aromatic rings. The van der Waals surface area contributed by atoms with Crippen LogP contribution in [0.5, 0.6) is 0 Å². The highest BCUT2D eigenvalue weighted by Crippen LogP contribution is 2.43. The van der Waals surface area contributed by atoms with E-state index in [0.29, 0.717) is 0 Å². The van der Waals surface area contributed by atoms with Gasteiger partial charge in [0.1, 0.15) is 5.69 Å². The van der Waals surface area contributed by atoms with E-state index in [0.717, 1.165) is 83.7 Å². The Balaban J connectivity index is 0.993. The number of aromatic nitrogens is 3. The van der Waals surface area contributed by atoms with Crippen LogP contribution in [0.3, 0.4) is 0 Å². The van der Waals surface area contributed by atoms with Crippen LogP contribution >= 0.6 is 0 Å². The van der Waals surface area contributed by atoms with Crippen molar-refractivity contribution in [3.05, 3.63) is 261 Å². The molecular weight excluding hydrogens is 811 g/mol. The van der Waals surface area contributed by atoms with Crippen LogP contribution in [-0.4, -0.2) is 14.6 Å². The van der Waals surface area contributed by atoms with Crippen molar-refractivity contribution in [1.29, 1.82) is 0 Å². The second-order valence-electron chi connectivity index (χ2n) is 17.0. The Morgan fingerprint density at radius 3 is 1.18 bits per heavy atom. The normalized spacial score (nSPS) is 11.3. The maximum atomic E-state index is 5.44. The second-order valence-corrected chi connectivity index (χ2v) is 17.0. The van der Waals surface area contributed by atoms with Crippen molar-refractivity contribution >= 4 is 16.3 Å². The second kappa shape index (κ2) is 17.2. The first kappa shape index (κ1) is 39.7. The Labute approximate surface area is 390 Å². The highest BCUT2D eigenvalue weighted by Gasteiger charge is 2.23. The van der Waals surface area contributed by atoms with Crippen LogP contribution in [0.2, 0.25) is 0 Å². The maximum Gasteiger partial charge on any atom is 0.101 e. The lowest BCUT2D eigenvalue weighted by molar-refractivity contribution is 0.979. The van der Waals surface area contributed by atoms with Gasteiger partial charge in [-0.3, -0.25) is 0 Å². The minimum absolute atomic E-state index is 0.930. The van der Waals surface area contributed by atoms with Gasteiger partial charge in [0.05, 0.1) is 22.6 Å². The Morgan fingerprint density at radius 2 is 0.672 bits per heavy atom. The molecule has 0 saturated heterocycles. The van der Waals surface area contributed by atoms with E-state index in [1.807, 2.05) is 0 Å². The Kier molecular flexibility index (Phi) is 10.2. The molecule has 0 fully saturated rings. The lowest BCUT2D eigenvalue weighted by atomic mass is 9.92. The first-order valence-electron chi connectivity index (χ1n) is 22.8. The molecule has 12 rings (SSSR count). The molecule has 0 aliphatic heterocycles. The summed E-state index contributed by atoms with van der Waals surface area (Å²) in [4.78, 5) is 5.30. The zero-order valence-electron chi connectivity index (χ0n) is 36.7. The van der Waals surface area contributed by atoms with E-state index in [4.69, 9.17) is 10.1 Å². The van der Waals surface area contributed by atoms with Gasteiger partial charge in [-0.15, -0.1) is 0 Å². The Morgan fingerprint density at radius 1 is 0.269 bits per heavy atom. The zero-order valence-corrected chi connectivity index (χ0v) is 36.7. The van der Waals surface area contributed by atoms with Crippen LogP contribution in [0, 0.1) is 0 Å². The molecule has 3 nitrogen and oxygen atoms in total. The van der Waals surface area contributed by atoms with Gasteiger partial charge in [0.25, 0.3) is 0 Å². The largest absolute Gasteiger partial charge is 0.248 e. The molecule has 67 heavy (non-hydrogen) atoms. The average Bonchev–Trinajstić information content (AvgIpc) is 3.83. The quantitative estimate of drug-likeness (QED) is 0.145. The van der Waals surface area contributed by atoms with Crippen LogP contribution in [-0.2, 0) is 0 Å². The molecule has 3 heteroatoms. The highest BCUT2D eigenvalue weighted by molar-refractivity contribution is 6.12. The molecular formula is C64H43N3. The molecule has 0 amide bonds. The Bertz CT molecular complexity index is 3560. The predicted molar refractivity (Wildman–Crippen MR) is 279 cm³/mol. The van der Waals surface area contributed by atoms with Gasteiger partial charge < -0.3 is 0 Å². The lowest BCUT2D eigenvalue weighted by Crippen LogP contribution is -1.96. The summed E-state index contributed by atoms with van der Waals surface area (Å²) in [5, 5.41) is 7.76. The summed E-state index contributed by atoms with van der Waals surface area (Å²) in [6.45, 7) is 0. The molecule has 0 saturated carbocycles. The van der Waals surface area contributed by atoms with Gasteiger partial charge in [0, 0.05) is 33.2 Å². The van der Waals surface area contributed by atoms with Gasteiger partial charge in [-0.25, -0.2) is 9.50 Å². The first-order valence-corrected chi connectivity index (χ1v) is 22.8. The van der Waals surface area contributed by atoms with E-state index in [1.54, 1.807) is 0 Å². The van der Waals surface area contributed by atoms with Gasteiger partial charge in [-0.2, -0.15) is 5.10 Å². The molecule has 0 unspecified atom stereocenters. The Hall–Kier alpha value is -8.92. The maximum absolute atomic E-state index is 5.44. The summed E-state index contributed by atoms with van der Waals surface area (Å²) in [6, 6.07) is 93.0. The number of hydrogen-bond donors (Lipinski definition) is 0. The third kappa shape index (κ3) is 7.59. The molecule has 9 aromatic carbocycles. The number of hydrogen-bond acceptors (Lipinski definition) is 2. The minimum atomic E-state index is 0.930. The molecule has 3 heterocycles. The lowest BCUT2D eigenvalue weighted by Gasteiger charge is -2.15. The van der Waals surface area contributed by atoms with E-state index < -0.39 is 0 Å². The minimum Gasteiger partial charge on any atom is -0.248 e. The standard InChI is InChI=1S/C64H43N3/c1-6-17-44(18-7-1)46-31-37-50(38-32-46)59-41-55(42-60(65-59)51-39-33-47(34-40-51)45-19-8-2-9-20-45)48-29-35-49(36-30-48)56-27-16-28-57-58(56)43-61(52-21-10-3-11-22-52)67-64(57)62(53-23-12-4-13-24-53)63(66-67)54-25-14-5-15-26-54/h1-43H. The summed E-state index contributed by atoms with van der Waals surface area (Å²) in [5.41, 5.74) is 20.8. The molecule has 0 atom stereocenters. The zero-order chi connectivity index (χ0) is 44.5. The summed E-state index contributed by atoms with van der Waals surface area (Å²) >= 11 is 0. The molecule has 0 aliphatic rings. The van der Waals surface area contributed by atoms with Crippen molar-refractivity contribution in [2.75, 3.05) is 0 Å². The SMILES string of the molecule is c1ccc(-c2ccc(-c3cc(-c4ccc(-c5cccc6c5cc(-c5ccccc5)n5nc(-c7ccccc7)c(-c7ccccc7)c65)cc4)cc(-c4ccc(-c5ccccc5)cc4)n3)cc2)cc1. The van der Waals surface area contributed by atoms with Gasteiger partial charge in [0.2, 0.25) is 0 Å². The topological polar surface area (TPSA) is 30.2 Å². The monoisotopic (exact) mass is 853 g/mol. The third-order valence-electron chi connectivity index (χ3n) is 12.9. The van der Waals surface area contributed by atoms with Crippen LogP contribution in [0.15, 0.2) is 261 Å². The van der Waals surface area contributed by atoms with Crippen LogP contribution < -0.4 is 0 Å². The molecule has 0 spiro atoms. The number of benzene rings is 9. The summed E-state index contributed by atoms with van der Waals surface area (Å²) in [6.07, 6.45) is 0. The van der Waals surface area contributed by atoms with E-state index in [2.05, 4.69) is 265 Å². The third-order valence-corrected chi connectivity index (χ3v) is 12.9. The smallest absolute Gasteiger partial charge is 0.101 e. The van der Waals surface area contributed by atoms with Crippen LogP contribution in [0.4, 0.5) is 0 Å². The van der Waals surface area contributed by atoms with E-state index in [1.165, 1.54) is 33.2 Å². The fourth-order valence-electron chi connectivity index (χ4n) is 9.47. The molecule has 314 valence electrons. The van der Waals surface area contributed by atoms with E-state index in [-0.39, 0.29) is 0 Å². The molecule has 0 radical (unpaired) electrons. The highest BCUT2D eigenvalue weighted by atomic mass is 15.2. The average molecular weight is 854 g/mol. The predicted octanol–water partition coefficient (Wildman–Crippen LogP) is 16.9. The molecule has 3 aromatic heterocycles. The van der Waals surface area contributed by atoms with Crippen molar-refractivity contribution in [1.82, 2.24) is 14.6 Å². The molecule has 0 bridgehead atoms. The fourth-order valence-corrected chi connectivity index (χ4v) is 9.47. The van der Waals surface area contributed by atoms with Crippen molar-refractivity contribution in [3.8, 4) is 101 Å². The van der Waals surface area contributed by atoms with Gasteiger partial charge in [0.15, 0.2) is 0 Å². The van der Waals surface area contributed by atoms with Gasteiger partial charge >= 0.3 is 0 Å². The first-order chi connectivity index (χ1) is 33.2. The van der Waals surface area contributed by atoms with Crippen LogP contribution in [0.1, 0.15) is 0 Å². The molecule has 0 N–H and O–H groups in total. The van der Waals surface area contributed by atoms with Crippen molar-refractivity contribution in [2.24, 2.45) is 0 Å². The van der Waals surface area contributed by atoms with Crippen molar-refractivity contribution in [2.45, 2.75) is 0 Å². The summed E-state index contributed by atoms with van der Waals surface area (Å²) in [5.74, 6) is 0.